The van der Waals surface area contributed by atoms with Crippen molar-refractivity contribution in [3.8, 4) is 136 Å². The van der Waals surface area contributed by atoms with Crippen molar-refractivity contribution in [2.75, 3.05) is 0 Å². The second-order valence-corrected chi connectivity index (χ2v) is 30.6. The molecule has 9 aromatic heterocycles. The Morgan fingerprint density at radius 3 is 1.03 bits per heavy atom. The molecular formula is C108H66N6O5S. The summed E-state index contributed by atoms with van der Waals surface area (Å²) in [6.45, 7) is 0. The van der Waals surface area contributed by atoms with Gasteiger partial charge in [-0.1, -0.05) is 285 Å². The molecule has 0 unspecified atom stereocenters. The molecule has 15 aromatic carbocycles. The maximum Gasteiger partial charge on any atom is 0.160 e. The normalized spacial score (nSPS) is 11.5. The van der Waals surface area contributed by atoms with Crippen LogP contribution in [0.4, 0.5) is 0 Å². The van der Waals surface area contributed by atoms with Crippen LogP contribution in [0.2, 0.25) is 0 Å². The summed E-state index contributed by atoms with van der Waals surface area (Å²) >= 11 is 1.81. The summed E-state index contributed by atoms with van der Waals surface area (Å²) < 4.78 is 33.7. The molecule has 0 spiro atoms. The number of hydrogen-bond acceptors (Lipinski definition) is 12. The topological polar surface area (TPSA) is 143 Å². The predicted molar refractivity (Wildman–Crippen MR) is 488 cm³/mol. The average Bonchev–Trinajstić information content (AvgIpc) is 1.56. The maximum atomic E-state index is 6.37. The third-order valence-corrected chi connectivity index (χ3v) is 23.1. The Hall–Kier alpha value is -16.0. The van der Waals surface area contributed by atoms with Crippen LogP contribution in [0.25, 0.3) is 233 Å². The summed E-state index contributed by atoms with van der Waals surface area (Å²) in [5, 5.41) is 9.93. The number of furan rings is 5. The van der Waals surface area contributed by atoms with Gasteiger partial charge in [0, 0.05) is 91.3 Å². The number of hydrogen-bond donors (Lipinski definition) is 0. The summed E-state index contributed by atoms with van der Waals surface area (Å²) in [6, 6.07) is 136. The van der Waals surface area contributed by atoms with Crippen molar-refractivity contribution in [2.45, 2.75) is 0 Å². The summed E-state index contributed by atoms with van der Waals surface area (Å²) in [7, 11) is 0. The summed E-state index contributed by atoms with van der Waals surface area (Å²) in [6.07, 6.45) is 0. The van der Waals surface area contributed by atoms with Crippen LogP contribution in [0, 0.1) is 0 Å². The minimum absolute atomic E-state index is 0.624. The first-order valence-corrected chi connectivity index (χ1v) is 40.5. The maximum absolute atomic E-state index is 6.37. The van der Waals surface area contributed by atoms with E-state index in [0.717, 1.165) is 183 Å². The summed E-state index contributed by atoms with van der Waals surface area (Å²) in [5.41, 5.74) is 23.2. The van der Waals surface area contributed by atoms with E-state index in [1.165, 1.54) is 20.2 Å². The smallest absolute Gasteiger partial charge is 0.160 e. The van der Waals surface area contributed by atoms with Crippen LogP contribution in [-0.2, 0) is 0 Å². The third kappa shape index (κ3) is 13.6. The van der Waals surface area contributed by atoms with Gasteiger partial charge in [0.1, 0.15) is 56.2 Å². The zero-order chi connectivity index (χ0) is 79.4. The van der Waals surface area contributed by atoms with Crippen LogP contribution in [0.5, 0.6) is 0 Å². The highest BCUT2D eigenvalue weighted by Gasteiger charge is 2.23. The molecule has 0 atom stereocenters. The van der Waals surface area contributed by atoms with Gasteiger partial charge in [-0.3, -0.25) is 0 Å². The molecule has 564 valence electrons. The van der Waals surface area contributed by atoms with Gasteiger partial charge in [-0.2, -0.15) is 0 Å². The molecule has 0 amide bonds. The number of aromatic nitrogens is 6. The molecule has 12 heteroatoms. The first-order chi connectivity index (χ1) is 59.4. The van der Waals surface area contributed by atoms with Crippen molar-refractivity contribution in [2.24, 2.45) is 0 Å². The molecule has 0 N–H and O–H groups in total. The van der Waals surface area contributed by atoms with Crippen molar-refractivity contribution in [1.82, 2.24) is 29.9 Å². The van der Waals surface area contributed by atoms with Crippen molar-refractivity contribution in [3.05, 3.63) is 400 Å². The van der Waals surface area contributed by atoms with Crippen LogP contribution < -0.4 is 0 Å². The zero-order valence-electron chi connectivity index (χ0n) is 64.2. The molecule has 24 rings (SSSR count). The Kier molecular flexibility index (Phi) is 17.8. The molecule has 0 bridgehead atoms. The van der Waals surface area contributed by atoms with E-state index in [0.29, 0.717) is 29.0 Å². The molecule has 0 saturated carbocycles. The molecule has 0 saturated heterocycles. The number of nitrogens with zero attached hydrogens (tertiary/aromatic N) is 6. The number of benzene rings is 15. The fourth-order valence-corrected chi connectivity index (χ4v) is 17.3. The molecule has 0 fully saturated rings. The molecular weight excluding hydrogens is 1490 g/mol. The van der Waals surface area contributed by atoms with E-state index in [1.807, 2.05) is 164 Å². The third-order valence-electron chi connectivity index (χ3n) is 21.9. The lowest BCUT2D eigenvalue weighted by molar-refractivity contribution is 0.628. The monoisotopic (exact) mass is 1560 g/mol. The lowest BCUT2D eigenvalue weighted by Gasteiger charge is -2.10. The van der Waals surface area contributed by atoms with E-state index in [4.69, 9.17) is 52.0 Å². The van der Waals surface area contributed by atoms with Gasteiger partial charge < -0.3 is 22.1 Å². The van der Waals surface area contributed by atoms with E-state index in [2.05, 4.69) is 237 Å². The van der Waals surface area contributed by atoms with Gasteiger partial charge in [0.25, 0.3) is 0 Å². The summed E-state index contributed by atoms with van der Waals surface area (Å²) in [4.78, 5) is 30.4. The highest BCUT2D eigenvalue weighted by Crippen LogP contribution is 2.44. The molecule has 11 nitrogen and oxygen atoms in total. The number of rotatable bonds is 12. The number of fused-ring (bicyclic) bond motifs is 12. The second-order valence-electron chi connectivity index (χ2n) is 29.5. The minimum Gasteiger partial charge on any atom is -0.456 e. The summed E-state index contributed by atoms with van der Waals surface area (Å²) in [5.74, 6) is 4.07. The average molecular weight is 1560 g/mol. The fourth-order valence-electron chi connectivity index (χ4n) is 16.0. The first kappa shape index (κ1) is 70.6. The number of para-hydroxylation sites is 6. The first-order valence-electron chi connectivity index (χ1n) is 39.7. The highest BCUT2D eigenvalue weighted by molar-refractivity contribution is 7.26. The Labute approximate surface area is 691 Å². The van der Waals surface area contributed by atoms with E-state index in [1.54, 1.807) is 11.3 Å². The number of thiophene rings is 1. The van der Waals surface area contributed by atoms with Gasteiger partial charge in [0.2, 0.25) is 0 Å². The standard InChI is InChI=1S/2C36H22N2O2.C36H22N2OS/c1-2-10-23(11-3-1)24-13-8-14-26(20-24)36-37-30(22-31(38-36)34-21-25-12-4-6-18-32(25)39-34)29-17-9-16-28-27-15-5-7-19-33(27)40-35(28)29;1-2-9-23(10-3-1)24-12-8-13-27(19-24)36-37-30(22-31(38-36)35-21-26-11-4-6-15-32(26)39-35)25-17-18-34-29(20-25)28-14-5-7-16-33(28)40-34;1-2-10-23(11-3-1)24-13-8-14-26(20-24)36-37-30(22-31(38-36)33-21-25-12-4-6-18-32(25)39-33)29-17-9-16-28-27-15-5-7-19-34(27)40-35(28)29/h3*1-22H. The van der Waals surface area contributed by atoms with Crippen molar-refractivity contribution in [1.29, 1.82) is 0 Å². The highest BCUT2D eigenvalue weighted by atomic mass is 32.1. The molecule has 0 aliphatic carbocycles. The fraction of sp³-hybridized carbons (Fsp3) is 0. The lowest BCUT2D eigenvalue weighted by Crippen LogP contribution is -1.96. The van der Waals surface area contributed by atoms with Crippen molar-refractivity contribution in [3.63, 3.8) is 0 Å². The van der Waals surface area contributed by atoms with Gasteiger partial charge in [-0.15, -0.1) is 11.3 Å². The molecule has 0 radical (unpaired) electrons. The van der Waals surface area contributed by atoms with Crippen LogP contribution in [0.15, 0.2) is 422 Å². The second kappa shape index (κ2) is 30.3. The van der Waals surface area contributed by atoms with Crippen LogP contribution >= 0.6 is 11.3 Å². The van der Waals surface area contributed by atoms with Gasteiger partial charge in [-0.25, -0.2) is 29.9 Å². The van der Waals surface area contributed by atoms with Gasteiger partial charge >= 0.3 is 0 Å². The molecule has 120 heavy (non-hydrogen) atoms. The van der Waals surface area contributed by atoms with Crippen LogP contribution in [0.1, 0.15) is 0 Å². The Balaban J connectivity index is 0.000000108. The van der Waals surface area contributed by atoms with Crippen molar-refractivity contribution >= 4 is 108 Å². The lowest BCUT2D eigenvalue weighted by atomic mass is 10.0. The van der Waals surface area contributed by atoms with Gasteiger partial charge in [-0.05, 0) is 149 Å². The molecule has 9 heterocycles. The predicted octanol–water partition coefficient (Wildman–Crippen LogP) is 29.8. The SMILES string of the molecule is c1ccc(-c2cccc(-c3nc(-c4cc5ccccc5o4)cc(-c4cccc5c4oc4ccccc45)n3)c2)cc1.c1ccc(-c2cccc(-c3nc(-c4cc5ccccc5o4)cc(-c4cccc5c4sc4ccccc45)n3)c2)cc1.c1ccc(-c2cccc(-c3nc(-c4ccc5oc6ccccc6c5c4)cc(-c4cc5ccccc5o4)n3)c2)cc1. The molecule has 0 aliphatic heterocycles. The van der Waals surface area contributed by atoms with E-state index in [-0.39, 0.29) is 0 Å². The molecule has 0 aliphatic rings. The Morgan fingerprint density at radius 2 is 0.533 bits per heavy atom. The quantitative estimate of drug-likeness (QED) is 0.115. The zero-order valence-corrected chi connectivity index (χ0v) is 65.1. The van der Waals surface area contributed by atoms with Gasteiger partial charge in [0.05, 0.1) is 17.1 Å². The van der Waals surface area contributed by atoms with E-state index in [9.17, 15) is 0 Å². The van der Waals surface area contributed by atoms with E-state index < -0.39 is 0 Å². The van der Waals surface area contributed by atoms with Crippen LogP contribution in [-0.4, -0.2) is 29.9 Å². The largest absolute Gasteiger partial charge is 0.456 e. The van der Waals surface area contributed by atoms with Crippen molar-refractivity contribution < 1.29 is 22.1 Å². The molecule has 24 aromatic rings. The minimum atomic E-state index is 0.624. The Morgan fingerprint density at radius 1 is 0.183 bits per heavy atom. The Bertz CT molecular complexity index is 7590. The van der Waals surface area contributed by atoms with Gasteiger partial charge in [0.15, 0.2) is 34.8 Å². The van der Waals surface area contributed by atoms with E-state index >= 15 is 0 Å². The van der Waals surface area contributed by atoms with Crippen LogP contribution in [0.3, 0.4) is 0 Å².